The maximum atomic E-state index is 12.3. The number of benzene rings is 2. The second-order valence-corrected chi connectivity index (χ2v) is 7.65. The van der Waals surface area contributed by atoms with Gasteiger partial charge in [0.25, 0.3) is 0 Å². The van der Waals surface area contributed by atoms with Crippen molar-refractivity contribution in [3.63, 3.8) is 0 Å². The molecule has 126 valence electrons. The van der Waals surface area contributed by atoms with Crippen LogP contribution in [0, 0.1) is 6.92 Å². The van der Waals surface area contributed by atoms with E-state index in [1.165, 1.54) is 12.1 Å². The number of sulfonamides is 1. The number of carbonyl (C=O) groups excluding carboxylic acids is 1. The van der Waals surface area contributed by atoms with Crippen molar-refractivity contribution < 1.29 is 17.9 Å². The molecule has 2 aromatic carbocycles. The zero-order chi connectivity index (χ0) is 17.2. The van der Waals surface area contributed by atoms with Crippen LogP contribution in [0.5, 0.6) is 0 Å². The summed E-state index contributed by atoms with van der Waals surface area (Å²) in [7, 11) is -3.59. The summed E-state index contributed by atoms with van der Waals surface area (Å²) in [5, 5.41) is 0. The van der Waals surface area contributed by atoms with Crippen molar-refractivity contribution >= 4 is 16.0 Å². The van der Waals surface area contributed by atoms with E-state index in [0.717, 1.165) is 18.4 Å². The Morgan fingerprint density at radius 1 is 1.17 bits per heavy atom. The molecule has 0 aromatic heterocycles. The van der Waals surface area contributed by atoms with Crippen molar-refractivity contribution in [2.24, 2.45) is 0 Å². The number of aryl methyl sites for hydroxylation is 1. The average molecular weight is 345 g/mol. The first-order valence-corrected chi connectivity index (χ1v) is 9.28. The second kappa shape index (κ2) is 6.75. The van der Waals surface area contributed by atoms with Crippen LogP contribution >= 0.6 is 0 Å². The first-order chi connectivity index (χ1) is 11.5. The van der Waals surface area contributed by atoms with Crippen molar-refractivity contribution in [1.29, 1.82) is 0 Å². The van der Waals surface area contributed by atoms with E-state index in [9.17, 15) is 13.2 Å². The molecule has 0 bridgehead atoms. The molecule has 5 nitrogen and oxygen atoms in total. The molecule has 1 saturated carbocycles. The molecule has 0 atom stereocenters. The Kier molecular flexibility index (Phi) is 4.69. The summed E-state index contributed by atoms with van der Waals surface area (Å²) in [4.78, 5) is 12.4. The van der Waals surface area contributed by atoms with Crippen molar-refractivity contribution in [3.05, 3.63) is 65.2 Å². The molecule has 2 aromatic rings. The molecule has 0 amide bonds. The monoisotopic (exact) mass is 345 g/mol. The molecule has 1 aliphatic rings. The van der Waals surface area contributed by atoms with Gasteiger partial charge in [0.1, 0.15) is 6.61 Å². The van der Waals surface area contributed by atoms with E-state index in [0.29, 0.717) is 5.56 Å². The quantitative estimate of drug-likeness (QED) is 0.817. The molecular formula is C18H19NO4S. The minimum absolute atomic E-state index is 0.0183. The van der Waals surface area contributed by atoms with E-state index in [1.54, 1.807) is 13.0 Å². The van der Waals surface area contributed by atoms with E-state index >= 15 is 0 Å². The highest BCUT2D eigenvalue weighted by Gasteiger charge is 2.28. The lowest BCUT2D eigenvalue weighted by molar-refractivity contribution is 0.0471. The van der Waals surface area contributed by atoms with Crippen molar-refractivity contribution in [3.8, 4) is 0 Å². The van der Waals surface area contributed by atoms with Crippen LogP contribution in [-0.2, 0) is 21.4 Å². The molecule has 1 N–H and O–H groups in total. The highest BCUT2D eigenvalue weighted by Crippen LogP contribution is 2.23. The molecule has 0 saturated heterocycles. The van der Waals surface area contributed by atoms with E-state index in [2.05, 4.69) is 4.72 Å². The van der Waals surface area contributed by atoms with Crippen LogP contribution in [0.1, 0.15) is 34.3 Å². The Balaban J connectivity index is 1.76. The molecule has 3 rings (SSSR count). The van der Waals surface area contributed by atoms with E-state index < -0.39 is 16.0 Å². The van der Waals surface area contributed by atoms with Gasteiger partial charge < -0.3 is 4.74 Å². The third-order valence-corrected chi connectivity index (χ3v) is 5.37. The lowest BCUT2D eigenvalue weighted by Gasteiger charge is -2.10. The number of hydrogen-bond acceptors (Lipinski definition) is 4. The molecule has 0 spiro atoms. The Morgan fingerprint density at radius 3 is 2.54 bits per heavy atom. The highest BCUT2D eigenvalue weighted by molar-refractivity contribution is 7.89. The van der Waals surface area contributed by atoms with Crippen LogP contribution < -0.4 is 4.72 Å². The maximum absolute atomic E-state index is 12.3. The van der Waals surface area contributed by atoms with Gasteiger partial charge in [-0.05, 0) is 43.0 Å². The topological polar surface area (TPSA) is 72.5 Å². The van der Waals surface area contributed by atoms with Crippen LogP contribution in [0.3, 0.4) is 0 Å². The average Bonchev–Trinajstić information content (AvgIpc) is 3.37. The molecule has 0 unspecified atom stereocenters. The van der Waals surface area contributed by atoms with Gasteiger partial charge in [-0.25, -0.2) is 17.9 Å². The Morgan fingerprint density at radius 2 is 1.88 bits per heavy atom. The van der Waals surface area contributed by atoms with Gasteiger partial charge in [-0.15, -0.1) is 0 Å². The normalized spacial score (nSPS) is 14.4. The Labute approximate surface area is 141 Å². The van der Waals surface area contributed by atoms with Gasteiger partial charge in [0.15, 0.2) is 0 Å². The summed E-state index contributed by atoms with van der Waals surface area (Å²) in [5.74, 6) is -0.528. The minimum Gasteiger partial charge on any atom is -0.457 e. The smallest absolute Gasteiger partial charge is 0.338 e. The Hall–Kier alpha value is -2.18. The third-order valence-electron chi connectivity index (χ3n) is 3.85. The second-order valence-electron chi connectivity index (χ2n) is 5.93. The van der Waals surface area contributed by atoms with Gasteiger partial charge in [0.2, 0.25) is 10.0 Å². The van der Waals surface area contributed by atoms with E-state index in [1.807, 2.05) is 30.3 Å². The lowest BCUT2D eigenvalue weighted by atomic mass is 10.1. The maximum Gasteiger partial charge on any atom is 0.338 e. The van der Waals surface area contributed by atoms with E-state index in [4.69, 9.17) is 4.74 Å². The predicted molar refractivity (Wildman–Crippen MR) is 90.1 cm³/mol. The summed E-state index contributed by atoms with van der Waals surface area (Å²) < 4.78 is 32.5. The highest BCUT2D eigenvalue weighted by atomic mass is 32.2. The number of rotatable bonds is 6. The van der Waals surface area contributed by atoms with Crippen LogP contribution in [0.15, 0.2) is 53.4 Å². The summed E-state index contributed by atoms with van der Waals surface area (Å²) in [6.07, 6.45) is 1.72. The SMILES string of the molecule is Cc1ccc(S(=O)(=O)NC2CC2)cc1C(=O)OCc1ccccc1. The van der Waals surface area contributed by atoms with Crippen LogP contribution in [0.4, 0.5) is 0 Å². The number of carbonyl (C=O) groups is 1. The summed E-state index contributed by atoms with van der Waals surface area (Å²) >= 11 is 0. The first-order valence-electron chi connectivity index (χ1n) is 7.80. The fourth-order valence-corrected chi connectivity index (χ4v) is 3.61. The standard InChI is InChI=1S/C18H19NO4S/c1-13-7-10-16(24(21,22)19-15-8-9-15)11-17(13)18(20)23-12-14-5-3-2-4-6-14/h2-7,10-11,15,19H,8-9,12H2,1H3. The molecule has 1 aliphatic carbocycles. The predicted octanol–water partition coefficient (Wildman–Crippen LogP) is 2.79. The molecule has 0 aliphatic heterocycles. The molecule has 6 heteroatoms. The minimum atomic E-state index is -3.59. The first kappa shape index (κ1) is 16.7. The van der Waals surface area contributed by atoms with Gasteiger partial charge in [-0.3, -0.25) is 0 Å². The van der Waals surface area contributed by atoms with Gasteiger partial charge in [-0.2, -0.15) is 0 Å². The largest absolute Gasteiger partial charge is 0.457 e. The van der Waals surface area contributed by atoms with Gasteiger partial charge >= 0.3 is 5.97 Å². The summed E-state index contributed by atoms with van der Waals surface area (Å²) in [5.41, 5.74) is 1.82. The number of esters is 1. The van der Waals surface area contributed by atoms with Crippen molar-refractivity contribution in [1.82, 2.24) is 4.72 Å². The van der Waals surface area contributed by atoms with Crippen molar-refractivity contribution in [2.75, 3.05) is 0 Å². The molecule has 24 heavy (non-hydrogen) atoms. The van der Waals surface area contributed by atoms with Gasteiger partial charge in [0, 0.05) is 6.04 Å². The molecule has 0 radical (unpaired) electrons. The fraction of sp³-hybridized carbons (Fsp3) is 0.278. The zero-order valence-electron chi connectivity index (χ0n) is 13.4. The van der Waals surface area contributed by atoms with Crippen molar-refractivity contribution in [2.45, 2.75) is 37.3 Å². The summed E-state index contributed by atoms with van der Waals surface area (Å²) in [6, 6.07) is 13.9. The summed E-state index contributed by atoms with van der Waals surface area (Å²) in [6.45, 7) is 1.90. The zero-order valence-corrected chi connectivity index (χ0v) is 14.2. The third kappa shape index (κ3) is 4.01. The Bertz CT molecular complexity index is 843. The van der Waals surface area contributed by atoms with Gasteiger partial charge in [0.05, 0.1) is 10.5 Å². The number of hydrogen-bond donors (Lipinski definition) is 1. The van der Waals surface area contributed by atoms with Crippen LogP contribution in [0.25, 0.3) is 0 Å². The van der Waals surface area contributed by atoms with Crippen LogP contribution in [0.2, 0.25) is 0 Å². The molecular weight excluding hydrogens is 326 g/mol. The number of nitrogens with one attached hydrogen (secondary N) is 1. The van der Waals surface area contributed by atoms with Gasteiger partial charge in [-0.1, -0.05) is 36.4 Å². The molecule has 1 fully saturated rings. The number of ether oxygens (including phenoxy) is 1. The lowest BCUT2D eigenvalue weighted by Crippen LogP contribution is -2.26. The van der Waals surface area contributed by atoms with Crippen LogP contribution in [-0.4, -0.2) is 20.4 Å². The fourth-order valence-electron chi connectivity index (χ4n) is 2.28. The van der Waals surface area contributed by atoms with E-state index in [-0.39, 0.29) is 23.1 Å². The molecule has 0 heterocycles.